The lowest BCUT2D eigenvalue weighted by Gasteiger charge is -2.30. The lowest BCUT2D eigenvalue weighted by Crippen LogP contribution is -2.29. The van der Waals surface area contributed by atoms with Crippen LogP contribution in [-0.4, -0.2) is 5.92 Å². The second-order valence-electron chi connectivity index (χ2n) is 2.58. The maximum atomic E-state index is 12.2. The normalized spacial score (nSPS) is 22.9. The monoisotopic (exact) mass is 120 g/mol. The minimum Gasteiger partial charge on any atom is -0.207 e. The number of alkyl halides is 2. The van der Waals surface area contributed by atoms with Crippen LogP contribution < -0.4 is 0 Å². The molecule has 1 aliphatic rings. The number of rotatable bonds is 1. The third-order valence-corrected chi connectivity index (χ3v) is 1.82. The molecule has 0 N–H and O–H groups in total. The van der Waals surface area contributed by atoms with E-state index < -0.39 is 5.92 Å². The molecule has 0 atom stereocenters. The maximum absolute atomic E-state index is 12.2. The van der Waals surface area contributed by atoms with E-state index >= 15 is 0 Å². The van der Waals surface area contributed by atoms with Gasteiger partial charge in [0, 0.05) is 5.92 Å². The molecule has 2 heteroatoms. The Balaban J connectivity index is 2.34. The van der Waals surface area contributed by atoms with Crippen molar-refractivity contribution in [3.8, 4) is 0 Å². The fourth-order valence-corrected chi connectivity index (χ4v) is 0.915. The number of hydrogen-bond donors (Lipinski definition) is 0. The summed E-state index contributed by atoms with van der Waals surface area (Å²) in [6.07, 6.45) is 2.45. The van der Waals surface area contributed by atoms with Gasteiger partial charge in [-0.05, 0) is 19.8 Å². The molecule has 1 saturated carbocycles. The fourth-order valence-electron chi connectivity index (χ4n) is 0.915. The summed E-state index contributed by atoms with van der Waals surface area (Å²) < 4.78 is 24.3. The Labute approximate surface area is 47.9 Å². The lowest BCUT2D eigenvalue weighted by atomic mass is 9.81. The number of halogens is 2. The standard InChI is InChI=1S/C6H10F2/c1-6(7,8)5-3-2-4-5/h5H,2-4H2,1H3. The Morgan fingerprint density at radius 1 is 1.38 bits per heavy atom. The molecule has 0 aliphatic heterocycles. The molecule has 48 valence electrons. The van der Waals surface area contributed by atoms with Crippen LogP contribution in [0.3, 0.4) is 0 Å². The van der Waals surface area contributed by atoms with Crippen molar-refractivity contribution in [2.24, 2.45) is 5.92 Å². The Kier molecular flexibility index (Phi) is 1.25. The van der Waals surface area contributed by atoms with Gasteiger partial charge in [-0.15, -0.1) is 0 Å². The third kappa shape index (κ3) is 0.984. The Bertz CT molecular complexity index is 79.0. The molecular weight excluding hydrogens is 110 g/mol. The van der Waals surface area contributed by atoms with Crippen LogP contribution in [0.5, 0.6) is 0 Å². The van der Waals surface area contributed by atoms with Crippen molar-refractivity contribution in [3.05, 3.63) is 0 Å². The third-order valence-electron chi connectivity index (χ3n) is 1.82. The zero-order valence-electron chi connectivity index (χ0n) is 4.95. The summed E-state index contributed by atoms with van der Waals surface area (Å²) in [4.78, 5) is 0. The van der Waals surface area contributed by atoms with Gasteiger partial charge in [-0.25, -0.2) is 8.78 Å². The van der Waals surface area contributed by atoms with E-state index in [4.69, 9.17) is 0 Å². The van der Waals surface area contributed by atoms with E-state index in [0.717, 1.165) is 26.2 Å². The van der Waals surface area contributed by atoms with Crippen molar-refractivity contribution in [2.45, 2.75) is 32.1 Å². The van der Waals surface area contributed by atoms with E-state index in [0.29, 0.717) is 0 Å². The second-order valence-corrected chi connectivity index (χ2v) is 2.58. The van der Waals surface area contributed by atoms with Gasteiger partial charge in [0.05, 0.1) is 0 Å². The molecule has 1 fully saturated rings. The van der Waals surface area contributed by atoms with E-state index in [1.54, 1.807) is 0 Å². The van der Waals surface area contributed by atoms with Gasteiger partial charge in [0.25, 0.3) is 0 Å². The van der Waals surface area contributed by atoms with Gasteiger partial charge >= 0.3 is 0 Å². The van der Waals surface area contributed by atoms with Gasteiger partial charge in [-0.1, -0.05) is 6.42 Å². The molecule has 0 spiro atoms. The summed E-state index contributed by atoms with van der Waals surface area (Å²) >= 11 is 0. The highest BCUT2D eigenvalue weighted by atomic mass is 19.3. The van der Waals surface area contributed by atoms with Crippen LogP contribution in [-0.2, 0) is 0 Å². The smallest absolute Gasteiger partial charge is 0.207 e. The van der Waals surface area contributed by atoms with E-state index in [-0.39, 0.29) is 5.92 Å². The van der Waals surface area contributed by atoms with Crippen molar-refractivity contribution >= 4 is 0 Å². The Morgan fingerprint density at radius 2 is 1.88 bits per heavy atom. The molecule has 0 saturated heterocycles. The highest BCUT2D eigenvalue weighted by Crippen LogP contribution is 2.39. The van der Waals surface area contributed by atoms with Crippen molar-refractivity contribution < 1.29 is 8.78 Å². The van der Waals surface area contributed by atoms with Crippen LogP contribution in [0.15, 0.2) is 0 Å². The van der Waals surface area contributed by atoms with Crippen molar-refractivity contribution in [1.82, 2.24) is 0 Å². The van der Waals surface area contributed by atoms with Crippen molar-refractivity contribution in [1.29, 1.82) is 0 Å². The van der Waals surface area contributed by atoms with Crippen LogP contribution in [0, 0.1) is 5.92 Å². The van der Waals surface area contributed by atoms with E-state index in [1.807, 2.05) is 0 Å². The van der Waals surface area contributed by atoms with Crippen molar-refractivity contribution in [2.75, 3.05) is 0 Å². The lowest BCUT2D eigenvalue weighted by molar-refractivity contribution is -0.0699. The van der Waals surface area contributed by atoms with Gasteiger partial charge in [0.1, 0.15) is 0 Å². The summed E-state index contributed by atoms with van der Waals surface area (Å²) in [7, 11) is 0. The van der Waals surface area contributed by atoms with E-state index in [2.05, 4.69) is 0 Å². The van der Waals surface area contributed by atoms with E-state index in [1.165, 1.54) is 0 Å². The average Bonchev–Trinajstić information content (AvgIpc) is 1.16. The molecule has 0 nitrogen and oxygen atoms in total. The first-order valence-electron chi connectivity index (χ1n) is 2.98. The molecule has 0 radical (unpaired) electrons. The molecule has 0 amide bonds. The summed E-state index contributed by atoms with van der Waals surface area (Å²) in [5, 5.41) is 0. The van der Waals surface area contributed by atoms with Gasteiger partial charge in [-0.2, -0.15) is 0 Å². The molecule has 0 aromatic heterocycles. The summed E-state index contributed by atoms with van der Waals surface area (Å²) in [5.41, 5.74) is 0. The van der Waals surface area contributed by atoms with Gasteiger partial charge in [0.2, 0.25) is 5.92 Å². The Hall–Kier alpha value is -0.140. The topological polar surface area (TPSA) is 0 Å². The molecular formula is C6H10F2. The largest absolute Gasteiger partial charge is 0.248 e. The second kappa shape index (κ2) is 1.67. The van der Waals surface area contributed by atoms with Gasteiger partial charge in [0.15, 0.2) is 0 Å². The van der Waals surface area contributed by atoms with Crippen molar-refractivity contribution in [3.63, 3.8) is 0 Å². The molecule has 0 aromatic rings. The molecule has 0 unspecified atom stereocenters. The predicted octanol–water partition coefficient (Wildman–Crippen LogP) is 2.44. The maximum Gasteiger partial charge on any atom is 0.248 e. The molecule has 1 rings (SSSR count). The number of hydrogen-bond acceptors (Lipinski definition) is 0. The predicted molar refractivity (Wildman–Crippen MR) is 28.0 cm³/mol. The molecule has 0 bridgehead atoms. The van der Waals surface area contributed by atoms with E-state index in [9.17, 15) is 8.78 Å². The highest BCUT2D eigenvalue weighted by Gasteiger charge is 2.37. The minimum absolute atomic E-state index is 0.303. The summed E-state index contributed by atoms with van der Waals surface area (Å²) in [6.45, 7) is 1.01. The quantitative estimate of drug-likeness (QED) is 0.498. The highest BCUT2D eigenvalue weighted by molar-refractivity contribution is 4.79. The first kappa shape index (κ1) is 5.99. The fraction of sp³-hybridized carbons (Fsp3) is 1.00. The molecule has 0 heterocycles. The van der Waals surface area contributed by atoms with Gasteiger partial charge in [-0.3, -0.25) is 0 Å². The SMILES string of the molecule is CC(F)(F)C1CCC1. The zero-order valence-corrected chi connectivity index (χ0v) is 4.95. The summed E-state index contributed by atoms with van der Waals surface area (Å²) in [5.74, 6) is -2.71. The van der Waals surface area contributed by atoms with Crippen LogP contribution in [0.25, 0.3) is 0 Å². The van der Waals surface area contributed by atoms with Crippen LogP contribution >= 0.6 is 0 Å². The molecule has 0 aromatic carbocycles. The molecule has 8 heavy (non-hydrogen) atoms. The van der Waals surface area contributed by atoms with Crippen LogP contribution in [0.1, 0.15) is 26.2 Å². The van der Waals surface area contributed by atoms with Gasteiger partial charge < -0.3 is 0 Å². The van der Waals surface area contributed by atoms with Crippen LogP contribution in [0.4, 0.5) is 8.78 Å². The first-order valence-corrected chi connectivity index (χ1v) is 2.98. The Morgan fingerprint density at radius 3 is 1.88 bits per heavy atom. The van der Waals surface area contributed by atoms with Crippen LogP contribution in [0.2, 0.25) is 0 Å². The first-order chi connectivity index (χ1) is 3.61. The molecule has 1 aliphatic carbocycles. The zero-order chi connectivity index (χ0) is 6.20. The summed E-state index contributed by atoms with van der Waals surface area (Å²) in [6, 6.07) is 0. The minimum atomic E-state index is -2.40. The average molecular weight is 120 g/mol.